The summed E-state index contributed by atoms with van der Waals surface area (Å²) in [5.74, 6) is 0.606. The molecule has 0 saturated carbocycles. The summed E-state index contributed by atoms with van der Waals surface area (Å²) in [4.78, 5) is 13.1. The third-order valence-corrected chi connectivity index (χ3v) is 2.89. The van der Waals surface area contributed by atoms with Gasteiger partial charge in [0.15, 0.2) is 5.82 Å². The van der Waals surface area contributed by atoms with Crippen LogP contribution in [-0.2, 0) is 0 Å². The number of nitrogens with zero attached hydrogens (tertiary/aromatic N) is 3. The highest BCUT2D eigenvalue weighted by molar-refractivity contribution is 5.55. The molecule has 2 heterocycles. The quantitative estimate of drug-likeness (QED) is 0.880. The van der Waals surface area contributed by atoms with Crippen LogP contribution in [0, 0.1) is 20.8 Å². The van der Waals surface area contributed by atoms with E-state index in [1.165, 1.54) is 0 Å². The van der Waals surface area contributed by atoms with E-state index in [9.17, 15) is 5.11 Å². The van der Waals surface area contributed by atoms with Gasteiger partial charge >= 0.3 is 0 Å². The van der Waals surface area contributed by atoms with Gasteiger partial charge in [0.25, 0.3) is 0 Å². The second-order valence-electron chi connectivity index (χ2n) is 4.59. The van der Waals surface area contributed by atoms with Crippen LogP contribution in [0.1, 0.15) is 35.4 Å². The molecule has 0 aliphatic heterocycles. The normalized spacial score (nSPS) is 12.5. The molecule has 0 radical (unpaired) electrons. The SMILES string of the molecule is Cc1cnc(-c2ncc(C(C)O)c(C)n2)c(C)c1. The minimum atomic E-state index is -0.550. The maximum absolute atomic E-state index is 9.56. The fraction of sp³-hybridized carbons (Fsp3) is 0.357. The van der Waals surface area contributed by atoms with Gasteiger partial charge in [0.2, 0.25) is 0 Å². The second-order valence-corrected chi connectivity index (χ2v) is 4.59. The molecule has 0 saturated heterocycles. The molecule has 0 amide bonds. The molecule has 0 spiro atoms. The van der Waals surface area contributed by atoms with Crippen LogP contribution in [0.25, 0.3) is 11.5 Å². The smallest absolute Gasteiger partial charge is 0.178 e. The first-order chi connectivity index (χ1) is 8.49. The summed E-state index contributed by atoms with van der Waals surface area (Å²) < 4.78 is 0. The summed E-state index contributed by atoms with van der Waals surface area (Å²) >= 11 is 0. The van der Waals surface area contributed by atoms with Crippen molar-refractivity contribution in [3.05, 3.63) is 40.8 Å². The van der Waals surface area contributed by atoms with E-state index >= 15 is 0 Å². The van der Waals surface area contributed by atoms with E-state index in [4.69, 9.17) is 0 Å². The molecule has 0 aliphatic rings. The van der Waals surface area contributed by atoms with Gasteiger partial charge in [-0.1, -0.05) is 6.07 Å². The van der Waals surface area contributed by atoms with Crippen molar-refractivity contribution in [2.45, 2.75) is 33.8 Å². The summed E-state index contributed by atoms with van der Waals surface area (Å²) in [5, 5.41) is 9.56. The van der Waals surface area contributed by atoms with Crippen molar-refractivity contribution < 1.29 is 5.11 Å². The number of rotatable bonds is 2. The number of aliphatic hydroxyl groups is 1. The zero-order valence-corrected chi connectivity index (χ0v) is 11.1. The van der Waals surface area contributed by atoms with Crippen LogP contribution >= 0.6 is 0 Å². The summed E-state index contributed by atoms with van der Waals surface area (Å²) in [7, 11) is 0. The Balaban J connectivity index is 2.49. The Labute approximate surface area is 107 Å². The van der Waals surface area contributed by atoms with Crippen molar-refractivity contribution in [1.29, 1.82) is 0 Å². The van der Waals surface area contributed by atoms with Crippen LogP contribution in [0.4, 0.5) is 0 Å². The summed E-state index contributed by atoms with van der Waals surface area (Å²) in [6, 6.07) is 2.06. The van der Waals surface area contributed by atoms with Gasteiger partial charge in [-0.2, -0.15) is 0 Å². The molecule has 0 aliphatic carbocycles. The van der Waals surface area contributed by atoms with Crippen LogP contribution < -0.4 is 0 Å². The van der Waals surface area contributed by atoms with Crippen molar-refractivity contribution in [2.24, 2.45) is 0 Å². The van der Waals surface area contributed by atoms with Crippen molar-refractivity contribution >= 4 is 0 Å². The molecule has 0 aromatic carbocycles. The molecule has 4 heteroatoms. The Morgan fingerprint density at radius 1 is 1.11 bits per heavy atom. The first-order valence-corrected chi connectivity index (χ1v) is 5.94. The molecule has 2 aromatic heterocycles. The Kier molecular flexibility index (Phi) is 3.39. The lowest BCUT2D eigenvalue weighted by Crippen LogP contribution is -2.03. The van der Waals surface area contributed by atoms with Gasteiger partial charge < -0.3 is 5.11 Å². The molecule has 0 bridgehead atoms. The van der Waals surface area contributed by atoms with E-state index in [0.29, 0.717) is 5.82 Å². The van der Waals surface area contributed by atoms with Crippen LogP contribution in [0.5, 0.6) is 0 Å². The average Bonchev–Trinajstić information content (AvgIpc) is 2.28. The van der Waals surface area contributed by atoms with E-state index in [0.717, 1.165) is 28.1 Å². The van der Waals surface area contributed by atoms with Crippen molar-refractivity contribution in [1.82, 2.24) is 15.0 Å². The van der Waals surface area contributed by atoms with Gasteiger partial charge in [-0.05, 0) is 38.8 Å². The highest BCUT2D eigenvalue weighted by Crippen LogP contribution is 2.21. The molecular weight excluding hydrogens is 226 g/mol. The predicted octanol–water partition coefficient (Wildman–Crippen LogP) is 2.52. The number of aliphatic hydroxyl groups excluding tert-OH is 1. The minimum absolute atomic E-state index is 0.550. The zero-order valence-electron chi connectivity index (χ0n) is 11.1. The van der Waals surface area contributed by atoms with Crippen molar-refractivity contribution in [2.75, 3.05) is 0 Å². The van der Waals surface area contributed by atoms with E-state index in [-0.39, 0.29) is 0 Å². The molecule has 2 rings (SSSR count). The fourth-order valence-electron chi connectivity index (χ4n) is 1.95. The van der Waals surface area contributed by atoms with Gasteiger partial charge in [-0.3, -0.25) is 4.98 Å². The van der Waals surface area contributed by atoms with Crippen molar-refractivity contribution in [3.63, 3.8) is 0 Å². The predicted molar refractivity (Wildman–Crippen MR) is 70.1 cm³/mol. The first-order valence-electron chi connectivity index (χ1n) is 5.94. The maximum atomic E-state index is 9.56. The number of hydrogen-bond donors (Lipinski definition) is 1. The third-order valence-electron chi connectivity index (χ3n) is 2.89. The van der Waals surface area contributed by atoms with E-state index < -0.39 is 6.10 Å². The van der Waals surface area contributed by atoms with E-state index in [1.54, 1.807) is 13.1 Å². The lowest BCUT2D eigenvalue weighted by Gasteiger charge is -2.10. The summed E-state index contributed by atoms with van der Waals surface area (Å²) in [6.45, 7) is 7.58. The highest BCUT2D eigenvalue weighted by Gasteiger charge is 2.11. The fourth-order valence-corrected chi connectivity index (χ4v) is 1.95. The van der Waals surface area contributed by atoms with E-state index in [1.807, 2.05) is 27.0 Å². The molecule has 4 nitrogen and oxygen atoms in total. The molecule has 1 atom stereocenters. The standard InChI is InChI=1S/C14H17N3O/c1-8-5-9(2)13(15-6-8)14-16-7-12(11(4)18)10(3)17-14/h5-7,11,18H,1-4H3. The molecule has 1 N–H and O–H groups in total. The van der Waals surface area contributed by atoms with Gasteiger partial charge in [-0.15, -0.1) is 0 Å². The Morgan fingerprint density at radius 3 is 2.39 bits per heavy atom. The van der Waals surface area contributed by atoms with Gasteiger partial charge in [0.05, 0.1) is 6.10 Å². The third kappa shape index (κ3) is 2.38. The Hall–Kier alpha value is -1.81. The molecule has 1 unspecified atom stereocenters. The molecule has 94 valence electrons. The Bertz CT molecular complexity index is 579. The number of hydrogen-bond acceptors (Lipinski definition) is 4. The van der Waals surface area contributed by atoms with Gasteiger partial charge in [-0.25, -0.2) is 9.97 Å². The summed E-state index contributed by atoms with van der Waals surface area (Å²) in [6.07, 6.45) is 2.93. The molecule has 0 fully saturated rings. The van der Waals surface area contributed by atoms with Crippen LogP contribution in [0.15, 0.2) is 18.5 Å². The lowest BCUT2D eigenvalue weighted by molar-refractivity contribution is 0.197. The van der Waals surface area contributed by atoms with Crippen LogP contribution in [0.2, 0.25) is 0 Å². The minimum Gasteiger partial charge on any atom is -0.389 e. The topological polar surface area (TPSA) is 58.9 Å². The highest BCUT2D eigenvalue weighted by atomic mass is 16.3. The summed E-state index contributed by atoms with van der Waals surface area (Å²) in [5.41, 5.74) is 4.51. The van der Waals surface area contributed by atoms with E-state index in [2.05, 4.69) is 21.0 Å². The van der Waals surface area contributed by atoms with Crippen LogP contribution in [0.3, 0.4) is 0 Å². The number of aromatic nitrogens is 3. The second kappa shape index (κ2) is 4.82. The lowest BCUT2D eigenvalue weighted by atomic mass is 10.1. The molecule has 18 heavy (non-hydrogen) atoms. The van der Waals surface area contributed by atoms with Crippen LogP contribution in [-0.4, -0.2) is 20.1 Å². The van der Waals surface area contributed by atoms with Gasteiger partial charge in [0, 0.05) is 23.7 Å². The molecule has 2 aromatic rings. The average molecular weight is 243 g/mol. The number of aryl methyl sites for hydroxylation is 3. The van der Waals surface area contributed by atoms with Gasteiger partial charge in [0.1, 0.15) is 5.69 Å². The van der Waals surface area contributed by atoms with Crippen molar-refractivity contribution in [3.8, 4) is 11.5 Å². The maximum Gasteiger partial charge on any atom is 0.178 e. The Morgan fingerprint density at radius 2 is 1.83 bits per heavy atom. The zero-order chi connectivity index (χ0) is 13.3. The monoisotopic (exact) mass is 243 g/mol. The molecular formula is C14H17N3O. The largest absolute Gasteiger partial charge is 0.389 e. The number of pyridine rings is 1. The first kappa shape index (κ1) is 12.6.